The first-order valence-corrected chi connectivity index (χ1v) is 7.03. The molecule has 1 atom stereocenters. The molecule has 1 aliphatic heterocycles. The van der Waals surface area contributed by atoms with E-state index in [0.717, 1.165) is 38.2 Å². The molecule has 19 heavy (non-hydrogen) atoms. The van der Waals surface area contributed by atoms with Gasteiger partial charge in [-0.05, 0) is 32.8 Å². The van der Waals surface area contributed by atoms with Gasteiger partial charge in [-0.25, -0.2) is 9.97 Å². The number of nitrogens with zero attached hydrogens (tertiary/aromatic N) is 3. The fourth-order valence-corrected chi connectivity index (χ4v) is 2.42. The molecule has 0 amide bonds. The SMILES string of the molecule is CCOC1CCCN(c2nc(C)cc(C(N)=S)n2)C1. The number of hydrogen-bond acceptors (Lipinski definition) is 5. The van der Waals surface area contributed by atoms with Gasteiger partial charge in [0.05, 0.1) is 6.10 Å². The molecule has 0 spiro atoms. The summed E-state index contributed by atoms with van der Waals surface area (Å²) in [6.07, 6.45) is 2.44. The van der Waals surface area contributed by atoms with Gasteiger partial charge in [0.2, 0.25) is 5.95 Å². The first kappa shape index (κ1) is 14.1. The van der Waals surface area contributed by atoms with Gasteiger partial charge in [0, 0.05) is 25.4 Å². The maximum Gasteiger partial charge on any atom is 0.226 e. The summed E-state index contributed by atoms with van der Waals surface area (Å²) in [6.45, 7) is 6.47. The van der Waals surface area contributed by atoms with Gasteiger partial charge in [-0.2, -0.15) is 0 Å². The van der Waals surface area contributed by atoms with Crippen LogP contribution in [0.3, 0.4) is 0 Å². The third-order valence-electron chi connectivity index (χ3n) is 3.16. The molecule has 0 aromatic carbocycles. The number of aromatic nitrogens is 2. The van der Waals surface area contributed by atoms with Crippen molar-refractivity contribution in [2.45, 2.75) is 32.8 Å². The Balaban J connectivity index is 2.18. The van der Waals surface area contributed by atoms with Crippen molar-refractivity contribution in [1.29, 1.82) is 0 Å². The van der Waals surface area contributed by atoms with Gasteiger partial charge in [0.25, 0.3) is 0 Å². The Morgan fingerprint density at radius 1 is 1.58 bits per heavy atom. The highest BCUT2D eigenvalue weighted by Gasteiger charge is 2.22. The topological polar surface area (TPSA) is 64.3 Å². The molecule has 104 valence electrons. The average molecular weight is 280 g/mol. The minimum Gasteiger partial charge on any atom is -0.388 e. The van der Waals surface area contributed by atoms with Gasteiger partial charge in [-0.1, -0.05) is 12.2 Å². The van der Waals surface area contributed by atoms with Gasteiger partial charge < -0.3 is 15.4 Å². The van der Waals surface area contributed by atoms with Gasteiger partial charge >= 0.3 is 0 Å². The van der Waals surface area contributed by atoms with Crippen molar-refractivity contribution in [2.24, 2.45) is 5.73 Å². The molecule has 0 bridgehead atoms. The lowest BCUT2D eigenvalue weighted by atomic mass is 10.1. The second-order valence-corrected chi connectivity index (χ2v) is 5.16. The second-order valence-electron chi connectivity index (χ2n) is 4.72. The van der Waals surface area contributed by atoms with Crippen molar-refractivity contribution < 1.29 is 4.74 Å². The zero-order valence-corrected chi connectivity index (χ0v) is 12.2. The Bertz CT molecular complexity index is 464. The predicted octanol–water partition coefficient (Wildman–Crippen LogP) is 1.42. The van der Waals surface area contributed by atoms with E-state index in [2.05, 4.69) is 14.9 Å². The zero-order chi connectivity index (χ0) is 13.8. The highest BCUT2D eigenvalue weighted by atomic mass is 32.1. The van der Waals surface area contributed by atoms with Crippen LogP contribution in [0.5, 0.6) is 0 Å². The molecule has 1 aliphatic rings. The normalized spacial score (nSPS) is 19.5. The largest absolute Gasteiger partial charge is 0.388 e. The predicted molar refractivity (Wildman–Crippen MR) is 79.5 cm³/mol. The average Bonchev–Trinajstić information content (AvgIpc) is 2.38. The summed E-state index contributed by atoms with van der Waals surface area (Å²) in [5, 5.41) is 0. The molecule has 0 saturated carbocycles. The van der Waals surface area contributed by atoms with Crippen LogP contribution in [0.2, 0.25) is 0 Å². The Hall–Kier alpha value is -1.27. The van der Waals surface area contributed by atoms with Crippen molar-refractivity contribution >= 4 is 23.2 Å². The third kappa shape index (κ3) is 3.61. The molecule has 1 saturated heterocycles. The van der Waals surface area contributed by atoms with Crippen LogP contribution < -0.4 is 10.6 Å². The monoisotopic (exact) mass is 280 g/mol. The first-order chi connectivity index (χ1) is 9.10. The van der Waals surface area contributed by atoms with Gasteiger partial charge in [-0.15, -0.1) is 0 Å². The Morgan fingerprint density at radius 3 is 3.05 bits per heavy atom. The molecule has 6 heteroatoms. The Morgan fingerprint density at radius 2 is 2.37 bits per heavy atom. The van der Waals surface area contributed by atoms with Crippen molar-refractivity contribution in [2.75, 3.05) is 24.6 Å². The molecule has 5 nitrogen and oxygen atoms in total. The summed E-state index contributed by atoms with van der Waals surface area (Å²) >= 11 is 4.99. The Labute approximate surface area is 119 Å². The number of piperidine rings is 1. The Kier molecular flexibility index (Phi) is 4.66. The number of rotatable bonds is 4. The lowest BCUT2D eigenvalue weighted by molar-refractivity contribution is 0.0523. The van der Waals surface area contributed by atoms with E-state index in [9.17, 15) is 0 Å². The lowest BCUT2D eigenvalue weighted by Crippen LogP contribution is -2.41. The lowest BCUT2D eigenvalue weighted by Gasteiger charge is -2.32. The van der Waals surface area contributed by atoms with E-state index in [1.165, 1.54) is 0 Å². The van der Waals surface area contributed by atoms with Crippen molar-refractivity contribution in [3.63, 3.8) is 0 Å². The van der Waals surface area contributed by atoms with E-state index in [1.54, 1.807) is 0 Å². The quantitative estimate of drug-likeness (QED) is 0.842. The molecule has 2 rings (SSSR count). The first-order valence-electron chi connectivity index (χ1n) is 6.62. The number of aryl methyl sites for hydroxylation is 1. The van der Waals surface area contributed by atoms with E-state index < -0.39 is 0 Å². The van der Waals surface area contributed by atoms with Gasteiger partial charge in [-0.3, -0.25) is 0 Å². The molecule has 1 aromatic heterocycles. The third-order valence-corrected chi connectivity index (χ3v) is 3.37. The summed E-state index contributed by atoms with van der Waals surface area (Å²) < 4.78 is 5.69. The highest BCUT2D eigenvalue weighted by Crippen LogP contribution is 2.19. The standard InChI is InChI=1S/C13H20N4OS/c1-3-18-10-5-4-6-17(8-10)13-15-9(2)7-11(16-13)12(14)19/h7,10H,3-6,8H2,1-2H3,(H2,14,19). The number of hydrogen-bond donors (Lipinski definition) is 1. The van der Waals surface area contributed by atoms with Gasteiger partial charge in [0.15, 0.2) is 0 Å². The number of anilines is 1. The fraction of sp³-hybridized carbons (Fsp3) is 0.615. The van der Waals surface area contributed by atoms with E-state index in [0.29, 0.717) is 16.6 Å². The van der Waals surface area contributed by atoms with E-state index >= 15 is 0 Å². The summed E-state index contributed by atoms with van der Waals surface area (Å²) in [5.41, 5.74) is 7.17. The highest BCUT2D eigenvalue weighted by molar-refractivity contribution is 7.80. The summed E-state index contributed by atoms with van der Waals surface area (Å²) in [7, 11) is 0. The number of ether oxygens (including phenoxy) is 1. The van der Waals surface area contributed by atoms with E-state index in [4.69, 9.17) is 22.7 Å². The van der Waals surface area contributed by atoms with Crippen LogP contribution in [0, 0.1) is 6.92 Å². The molecule has 1 aromatic rings. The summed E-state index contributed by atoms with van der Waals surface area (Å²) in [4.78, 5) is 11.4. The van der Waals surface area contributed by atoms with Crippen LogP contribution in [0.15, 0.2) is 6.07 Å². The van der Waals surface area contributed by atoms with Crippen LogP contribution in [0.1, 0.15) is 31.2 Å². The van der Waals surface area contributed by atoms with Gasteiger partial charge in [0.1, 0.15) is 10.7 Å². The zero-order valence-electron chi connectivity index (χ0n) is 11.4. The molecule has 0 aliphatic carbocycles. The maximum absolute atomic E-state index is 5.69. The number of nitrogens with two attached hydrogens (primary N) is 1. The van der Waals surface area contributed by atoms with Crippen LogP contribution >= 0.6 is 12.2 Å². The summed E-state index contributed by atoms with van der Waals surface area (Å²) in [5.74, 6) is 0.701. The molecule has 1 unspecified atom stereocenters. The molecule has 2 heterocycles. The molecule has 0 radical (unpaired) electrons. The van der Waals surface area contributed by atoms with Crippen molar-refractivity contribution in [1.82, 2.24) is 9.97 Å². The van der Waals surface area contributed by atoms with Crippen LogP contribution in [-0.4, -0.2) is 40.8 Å². The molecule has 1 fully saturated rings. The minimum absolute atomic E-state index is 0.260. The molecular formula is C13H20N4OS. The van der Waals surface area contributed by atoms with E-state index in [1.807, 2.05) is 19.9 Å². The molecular weight excluding hydrogens is 260 g/mol. The molecule has 2 N–H and O–H groups in total. The fourth-order valence-electron chi connectivity index (χ4n) is 2.31. The van der Waals surface area contributed by atoms with Crippen molar-refractivity contribution in [3.8, 4) is 0 Å². The maximum atomic E-state index is 5.69. The van der Waals surface area contributed by atoms with Crippen LogP contribution in [0.25, 0.3) is 0 Å². The smallest absolute Gasteiger partial charge is 0.226 e. The second kappa shape index (κ2) is 6.25. The van der Waals surface area contributed by atoms with Crippen LogP contribution in [-0.2, 0) is 4.74 Å². The van der Waals surface area contributed by atoms with E-state index in [-0.39, 0.29) is 6.10 Å². The number of thiocarbonyl (C=S) groups is 1. The summed E-state index contributed by atoms with van der Waals surface area (Å²) in [6, 6.07) is 1.82. The van der Waals surface area contributed by atoms with Crippen molar-refractivity contribution in [3.05, 3.63) is 17.5 Å². The van der Waals surface area contributed by atoms with Crippen LogP contribution in [0.4, 0.5) is 5.95 Å². The minimum atomic E-state index is 0.260.